The van der Waals surface area contributed by atoms with Gasteiger partial charge in [0.2, 0.25) is 11.9 Å². The van der Waals surface area contributed by atoms with E-state index in [2.05, 4.69) is 25.3 Å². The normalized spacial score (nSPS) is 16.5. The SMILES string of the molecule is [2H]c1cc(Cl)nc(-c2nc(NC([2H])(C)C)nc(N[C@]([2H])(C)C(F)(F)F)n2)c1. The van der Waals surface area contributed by atoms with E-state index in [4.69, 9.17) is 15.7 Å². The van der Waals surface area contributed by atoms with Gasteiger partial charge in [-0.3, -0.25) is 0 Å². The first-order chi connectivity index (χ1) is 12.2. The van der Waals surface area contributed by atoms with Gasteiger partial charge in [-0.15, -0.1) is 0 Å². The van der Waals surface area contributed by atoms with Crippen LogP contribution < -0.4 is 10.6 Å². The summed E-state index contributed by atoms with van der Waals surface area (Å²) in [7, 11) is 0. The second-order valence-electron chi connectivity index (χ2n) is 4.95. The van der Waals surface area contributed by atoms with E-state index in [1.165, 1.54) is 26.0 Å². The summed E-state index contributed by atoms with van der Waals surface area (Å²) in [6.45, 7) is 3.57. The van der Waals surface area contributed by atoms with Crippen LogP contribution >= 0.6 is 11.6 Å². The molecule has 2 rings (SSSR count). The molecule has 0 radical (unpaired) electrons. The Bertz CT molecular complexity index is 822. The number of hydrogen-bond donors (Lipinski definition) is 2. The van der Waals surface area contributed by atoms with E-state index < -0.39 is 24.2 Å². The highest BCUT2D eigenvalue weighted by molar-refractivity contribution is 6.29. The van der Waals surface area contributed by atoms with Crippen molar-refractivity contribution in [2.24, 2.45) is 0 Å². The van der Waals surface area contributed by atoms with Crippen LogP contribution in [0, 0.1) is 0 Å². The molecule has 0 aliphatic carbocycles. The van der Waals surface area contributed by atoms with Crippen LogP contribution in [0.2, 0.25) is 5.15 Å². The summed E-state index contributed by atoms with van der Waals surface area (Å²) in [5.74, 6) is -0.920. The monoisotopic (exact) mass is 363 g/mol. The Morgan fingerprint density at radius 2 is 1.71 bits per heavy atom. The molecule has 0 amide bonds. The fourth-order valence-electron chi connectivity index (χ4n) is 1.55. The average molecular weight is 364 g/mol. The maximum atomic E-state index is 13.0. The Morgan fingerprint density at radius 3 is 2.25 bits per heavy atom. The minimum atomic E-state index is -4.90. The predicted molar refractivity (Wildman–Crippen MR) is 86.0 cm³/mol. The largest absolute Gasteiger partial charge is 0.408 e. The molecule has 0 aliphatic heterocycles. The zero-order valence-corrected chi connectivity index (χ0v) is 13.7. The molecule has 0 bridgehead atoms. The van der Waals surface area contributed by atoms with Gasteiger partial charge in [0.1, 0.15) is 16.9 Å². The predicted octanol–water partition coefficient (Wildman–Crippen LogP) is 3.77. The Balaban J connectivity index is 2.55. The lowest BCUT2D eigenvalue weighted by Crippen LogP contribution is -2.34. The topological polar surface area (TPSA) is 75.6 Å². The molecule has 2 aromatic rings. The first-order valence-corrected chi connectivity index (χ1v) is 7.08. The van der Waals surface area contributed by atoms with Gasteiger partial charge < -0.3 is 10.6 Å². The van der Waals surface area contributed by atoms with Crippen LogP contribution in [0.15, 0.2) is 18.2 Å². The van der Waals surface area contributed by atoms with E-state index in [1.54, 1.807) is 0 Å². The molecule has 2 heterocycles. The van der Waals surface area contributed by atoms with Crippen molar-refractivity contribution < 1.29 is 17.3 Å². The highest BCUT2D eigenvalue weighted by Crippen LogP contribution is 2.24. The van der Waals surface area contributed by atoms with Crippen molar-refractivity contribution in [3.8, 4) is 11.5 Å². The van der Waals surface area contributed by atoms with E-state index in [0.717, 1.165) is 0 Å². The Kier molecular flexibility index (Phi) is 4.24. The number of aromatic nitrogens is 4. The molecule has 0 aliphatic rings. The van der Waals surface area contributed by atoms with E-state index in [9.17, 15) is 13.2 Å². The lowest BCUT2D eigenvalue weighted by Gasteiger charge is -2.18. The number of halogens is 4. The maximum Gasteiger partial charge on any atom is 0.408 e. The number of nitrogens with zero attached hydrogens (tertiary/aromatic N) is 4. The van der Waals surface area contributed by atoms with E-state index in [0.29, 0.717) is 6.92 Å². The van der Waals surface area contributed by atoms with Crippen LogP contribution in [0.3, 0.4) is 0 Å². The molecule has 0 spiro atoms. The van der Waals surface area contributed by atoms with Crippen LogP contribution in [-0.2, 0) is 0 Å². The number of pyridine rings is 1. The lowest BCUT2D eigenvalue weighted by molar-refractivity contribution is -0.138. The highest BCUT2D eigenvalue weighted by Gasteiger charge is 2.36. The van der Waals surface area contributed by atoms with Gasteiger partial charge in [-0.05, 0) is 32.9 Å². The molecular formula is C14H16ClF3N6. The molecular weight excluding hydrogens is 345 g/mol. The van der Waals surface area contributed by atoms with Crippen LogP contribution in [0.25, 0.3) is 11.5 Å². The van der Waals surface area contributed by atoms with Crippen LogP contribution in [0.5, 0.6) is 0 Å². The standard InChI is InChI=1S/C14H16ClF3N6/c1-7(2)19-12-22-11(9-5-4-6-10(15)21-9)23-13(24-12)20-8(3)14(16,17)18/h4-8H,1-3H3,(H2,19,20,22,23,24)/t8-/m1/s1/i4D,7D,8D. The third-order valence-electron chi connectivity index (χ3n) is 2.60. The number of rotatable bonds is 5. The summed E-state index contributed by atoms with van der Waals surface area (Å²) in [6.07, 6.45) is -4.90. The van der Waals surface area contributed by atoms with Crippen molar-refractivity contribution >= 4 is 23.5 Å². The summed E-state index contributed by atoms with van der Waals surface area (Å²) >= 11 is 5.81. The molecule has 1 atom stereocenters. The van der Waals surface area contributed by atoms with Gasteiger partial charge in [-0.2, -0.15) is 28.1 Å². The van der Waals surface area contributed by atoms with Crippen molar-refractivity contribution in [1.29, 1.82) is 0 Å². The molecule has 0 fully saturated rings. The Morgan fingerprint density at radius 1 is 1.08 bits per heavy atom. The van der Waals surface area contributed by atoms with Crippen molar-refractivity contribution in [3.63, 3.8) is 0 Å². The minimum Gasteiger partial charge on any atom is -0.352 e. The van der Waals surface area contributed by atoms with Gasteiger partial charge in [0, 0.05) is 6.02 Å². The second kappa shape index (κ2) is 7.16. The molecule has 10 heteroatoms. The molecule has 0 saturated carbocycles. The lowest BCUT2D eigenvalue weighted by atomic mass is 10.3. The first kappa shape index (κ1) is 14.2. The number of anilines is 2. The Labute approximate surface area is 146 Å². The average Bonchev–Trinajstić information content (AvgIpc) is 2.42. The van der Waals surface area contributed by atoms with E-state index in [1.807, 2.05) is 5.32 Å². The summed E-state index contributed by atoms with van der Waals surface area (Å²) in [6, 6.07) is -1.78. The van der Waals surface area contributed by atoms with E-state index in [-0.39, 0.29) is 28.7 Å². The number of hydrogen-bond acceptors (Lipinski definition) is 6. The van der Waals surface area contributed by atoms with Gasteiger partial charge in [-0.25, -0.2) is 4.98 Å². The van der Waals surface area contributed by atoms with Crippen molar-refractivity contribution in [1.82, 2.24) is 19.9 Å². The third-order valence-corrected chi connectivity index (χ3v) is 2.79. The summed E-state index contributed by atoms with van der Waals surface area (Å²) in [5.41, 5.74) is 0.0301. The van der Waals surface area contributed by atoms with Gasteiger partial charge in [-0.1, -0.05) is 17.6 Å². The van der Waals surface area contributed by atoms with Gasteiger partial charge in [0.15, 0.2) is 5.82 Å². The molecule has 0 saturated heterocycles. The molecule has 2 N–H and O–H groups in total. The van der Waals surface area contributed by atoms with Crippen molar-refractivity contribution in [2.75, 3.05) is 10.6 Å². The molecule has 0 unspecified atom stereocenters. The highest BCUT2D eigenvalue weighted by atomic mass is 35.5. The Hall–Kier alpha value is -2.16. The smallest absolute Gasteiger partial charge is 0.352 e. The molecule has 130 valence electrons. The number of nitrogens with one attached hydrogen (secondary N) is 2. The van der Waals surface area contributed by atoms with Crippen LogP contribution in [0.4, 0.5) is 25.1 Å². The summed E-state index contributed by atoms with van der Waals surface area (Å²) < 4.78 is 62.0. The molecule has 24 heavy (non-hydrogen) atoms. The van der Waals surface area contributed by atoms with Gasteiger partial charge in [0.25, 0.3) is 0 Å². The van der Waals surface area contributed by atoms with E-state index >= 15 is 0 Å². The zero-order valence-electron chi connectivity index (χ0n) is 16.0. The zero-order chi connectivity index (χ0) is 20.6. The molecule has 2 aromatic heterocycles. The first-order valence-electron chi connectivity index (χ1n) is 8.20. The third kappa shape index (κ3) is 4.92. The summed E-state index contributed by atoms with van der Waals surface area (Å²) in [5, 5.41) is 4.47. The maximum absolute atomic E-state index is 13.0. The van der Waals surface area contributed by atoms with Crippen molar-refractivity contribution in [2.45, 2.75) is 39.0 Å². The second-order valence-corrected chi connectivity index (χ2v) is 5.34. The van der Waals surface area contributed by atoms with Crippen molar-refractivity contribution in [3.05, 3.63) is 23.3 Å². The quantitative estimate of drug-likeness (QED) is 0.787. The fourth-order valence-corrected chi connectivity index (χ4v) is 1.70. The summed E-state index contributed by atoms with van der Waals surface area (Å²) in [4.78, 5) is 15.6. The van der Waals surface area contributed by atoms with Crippen LogP contribution in [-0.4, -0.2) is 38.1 Å². The molecule has 0 aromatic carbocycles. The van der Waals surface area contributed by atoms with Gasteiger partial charge >= 0.3 is 6.18 Å². The molecule has 6 nitrogen and oxygen atoms in total. The number of alkyl halides is 3. The minimum absolute atomic E-state index is 0.00382. The van der Waals surface area contributed by atoms with Gasteiger partial charge in [0.05, 0.1) is 4.11 Å². The fraction of sp³-hybridized carbons (Fsp3) is 0.429. The van der Waals surface area contributed by atoms with Crippen LogP contribution in [0.1, 0.15) is 24.9 Å².